The molecule has 8 heavy (non-hydrogen) atoms. The summed E-state index contributed by atoms with van der Waals surface area (Å²) in [6.07, 6.45) is 0. The smallest absolute Gasteiger partial charge is 0.236 e. The van der Waals surface area contributed by atoms with Gasteiger partial charge in [-0.3, -0.25) is 9.42 Å². The maximum absolute atomic E-state index is 10.3. The van der Waals surface area contributed by atoms with Crippen LogP contribution in [0.1, 0.15) is 0 Å². The second-order valence-corrected chi connectivity index (χ2v) is 1.35. The minimum absolute atomic E-state index is 0.104. The second-order valence-electron chi connectivity index (χ2n) is 1.11. The van der Waals surface area contributed by atoms with Crippen LogP contribution in [0.5, 0.6) is 0 Å². The molecule has 0 aromatic heterocycles. The zero-order valence-electron chi connectivity index (χ0n) is 4.60. The normalized spacial score (nSPS) is 8.75. The molecule has 0 aliphatic rings. The van der Waals surface area contributed by atoms with Crippen molar-refractivity contribution in [2.75, 3.05) is 13.6 Å². The highest BCUT2D eigenvalue weighted by Gasteiger charge is 1.91. The highest BCUT2D eigenvalue weighted by molar-refractivity contribution is 7.09. The fraction of sp³-hybridized carbons (Fsp3) is 0.667. The van der Waals surface area contributed by atoms with Gasteiger partial charge in [0.25, 0.3) is 0 Å². The zero-order valence-corrected chi connectivity index (χ0v) is 5.76. The third-order valence-corrected chi connectivity index (χ3v) is 0.762. The fourth-order valence-corrected chi connectivity index (χ4v) is 0.279. The van der Waals surface area contributed by atoms with Gasteiger partial charge in [0.1, 0.15) is 6.54 Å². The van der Waals surface area contributed by atoms with E-state index in [1.165, 1.54) is 0 Å². The van der Waals surface area contributed by atoms with E-state index in [2.05, 4.69) is 15.4 Å². The van der Waals surface area contributed by atoms with Crippen molar-refractivity contribution in [3.05, 3.63) is 0 Å². The molecule has 0 fully saturated rings. The Morgan fingerprint density at radius 1 is 1.88 bits per heavy atom. The molecule has 0 spiro atoms. The number of nitrogens with one attached hydrogen (secondary N) is 2. The highest BCUT2D eigenvalue weighted by atomic mass is 31.0. The van der Waals surface area contributed by atoms with Crippen LogP contribution in [0.4, 0.5) is 0 Å². The third-order valence-electron chi connectivity index (χ3n) is 0.595. The minimum atomic E-state index is -0.104. The van der Waals surface area contributed by atoms with Crippen LogP contribution in [0.3, 0.4) is 0 Å². The number of likely N-dealkylation sites (N-methyl/N-ethyl adjacent to an activating group) is 1. The summed E-state index contributed by atoms with van der Waals surface area (Å²) in [5.41, 5.74) is 2.35. The van der Waals surface area contributed by atoms with E-state index in [1.807, 2.05) is 9.47 Å². The van der Waals surface area contributed by atoms with Crippen LogP contribution in [-0.2, 0) is 9.42 Å². The van der Waals surface area contributed by atoms with E-state index in [-0.39, 0.29) is 12.5 Å². The van der Waals surface area contributed by atoms with Crippen molar-refractivity contribution in [3.63, 3.8) is 0 Å². The van der Waals surface area contributed by atoms with Crippen LogP contribution in [0.15, 0.2) is 0 Å². The molecule has 0 aromatic rings. The van der Waals surface area contributed by atoms with Gasteiger partial charge in [-0.2, -0.15) is 5.48 Å². The lowest BCUT2D eigenvalue weighted by Gasteiger charge is -1.97. The van der Waals surface area contributed by atoms with E-state index in [0.29, 0.717) is 0 Å². The van der Waals surface area contributed by atoms with Gasteiger partial charge in [-0.1, -0.05) is 0 Å². The highest BCUT2D eigenvalue weighted by Crippen LogP contribution is 1.73. The summed E-state index contributed by atoms with van der Waals surface area (Å²) in [6, 6.07) is 0. The van der Waals surface area contributed by atoms with Gasteiger partial charge in [0.05, 0.1) is 0 Å². The summed E-state index contributed by atoms with van der Waals surface area (Å²) < 4.78 is 4.32. The lowest BCUT2D eigenvalue weighted by Crippen LogP contribution is -2.29. The molecule has 0 radical (unpaired) electrons. The molecule has 0 aliphatic heterocycles. The van der Waals surface area contributed by atoms with Crippen LogP contribution in [0.2, 0.25) is 0 Å². The average molecular weight is 136 g/mol. The number of carbonyl (C=O) groups excluding carboxylic acids is 1. The summed E-state index contributed by atoms with van der Waals surface area (Å²) >= 11 is 0. The maximum Gasteiger partial charge on any atom is 0.236 e. The van der Waals surface area contributed by atoms with Crippen molar-refractivity contribution in [3.8, 4) is 0 Å². The first-order valence-corrected chi connectivity index (χ1v) is 2.57. The minimum Gasteiger partial charge on any atom is -0.358 e. The first kappa shape index (κ1) is 7.82. The zero-order chi connectivity index (χ0) is 6.41. The first-order valence-electron chi connectivity index (χ1n) is 2.10. The number of amides is 1. The number of carbonyl (C=O) groups is 1. The van der Waals surface area contributed by atoms with E-state index in [1.54, 1.807) is 7.05 Å². The monoisotopic (exact) mass is 136 g/mol. The van der Waals surface area contributed by atoms with Gasteiger partial charge in [-0.25, -0.2) is 0 Å². The van der Waals surface area contributed by atoms with Crippen molar-refractivity contribution in [1.29, 1.82) is 0 Å². The van der Waals surface area contributed by atoms with E-state index in [0.717, 1.165) is 0 Å². The molecule has 0 bridgehead atoms. The predicted molar refractivity (Wildman–Crippen MR) is 32.9 cm³/mol. The predicted octanol–water partition coefficient (Wildman–Crippen LogP) is -0.956. The SMILES string of the molecule is CNC(=O)CNOP. The Bertz CT molecular complexity index is 77.7. The van der Waals surface area contributed by atoms with Crippen LogP contribution in [0.25, 0.3) is 0 Å². The quantitative estimate of drug-likeness (QED) is 0.388. The Balaban J connectivity index is 2.99. The standard InChI is InChI=1S/C3H9N2O2P/c1-4-3(6)2-5-7-8/h5H,2,8H2,1H3,(H,4,6). The van der Waals surface area contributed by atoms with Gasteiger partial charge < -0.3 is 5.32 Å². The second kappa shape index (κ2) is 4.97. The lowest BCUT2D eigenvalue weighted by molar-refractivity contribution is -0.120. The van der Waals surface area contributed by atoms with E-state index < -0.39 is 0 Å². The Morgan fingerprint density at radius 2 is 2.50 bits per heavy atom. The topological polar surface area (TPSA) is 50.4 Å². The first-order chi connectivity index (χ1) is 3.81. The molecule has 0 saturated heterocycles. The molecule has 0 aliphatic carbocycles. The Hall–Kier alpha value is -0.180. The molecule has 0 saturated carbocycles. The Morgan fingerprint density at radius 3 is 2.88 bits per heavy atom. The van der Waals surface area contributed by atoms with Crippen LogP contribution < -0.4 is 10.8 Å². The van der Waals surface area contributed by atoms with Gasteiger partial charge >= 0.3 is 0 Å². The van der Waals surface area contributed by atoms with Crippen molar-refractivity contribution in [2.45, 2.75) is 0 Å². The lowest BCUT2D eigenvalue weighted by atomic mass is 10.6. The summed E-state index contributed by atoms with van der Waals surface area (Å²) in [6.45, 7) is 0.181. The number of hydrogen-bond acceptors (Lipinski definition) is 3. The molecule has 2 N–H and O–H groups in total. The van der Waals surface area contributed by atoms with Gasteiger partial charge in [0.2, 0.25) is 5.91 Å². The summed E-state index contributed by atoms with van der Waals surface area (Å²) in [7, 11) is 3.54. The van der Waals surface area contributed by atoms with Crippen LogP contribution >= 0.6 is 9.47 Å². The van der Waals surface area contributed by atoms with Gasteiger partial charge in [0, 0.05) is 16.5 Å². The summed E-state index contributed by atoms with van der Waals surface area (Å²) in [5, 5.41) is 2.41. The Labute approximate surface area is 50.2 Å². The Kier molecular flexibility index (Phi) is 4.85. The summed E-state index contributed by atoms with van der Waals surface area (Å²) in [5.74, 6) is -0.104. The maximum atomic E-state index is 10.3. The van der Waals surface area contributed by atoms with Gasteiger partial charge in [-0.05, 0) is 0 Å². The number of hydroxylamine groups is 1. The van der Waals surface area contributed by atoms with Crippen molar-refractivity contribution in [1.82, 2.24) is 10.8 Å². The van der Waals surface area contributed by atoms with Crippen molar-refractivity contribution >= 4 is 15.4 Å². The summed E-state index contributed by atoms with van der Waals surface area (Å²) in [4.78, 5) is 10.3. The van der Waals surface area contributed by atoms with E-state index in [9.17, 15) is 4.79 Å². The van der Waals surface area contributed by atoms with Crippen molar-refractivity contribution < 1.29 is 9.42 Å². The molecule has 0 aromatic carbocycles. The number of rotatable bonds is 3. The van der Waals surface area contributed by atoms with Crippen LogP contribution in [-0.4, -0.2) is 19.5 Å². The molecule has 0 heterocycles. The molecule has 1 amide bonds. The number of hydrogen-bond donors (Lipinski definition) is 2. The fourth-order valence-electron chi connectivity index (χ4n) is 0.196. The molecule has 0 rings (SSSR count). The molecule has 48 valence electrons. The van der Waals surface area contributed by atoms with Crippen LogP contribution in [0, 0.1) is 0 Å². The van der Waals surface area contributed by atoms with Crippen molar-refractivity contribution in [2.24, 2.45) is 0 Å². The molecular weight excluding hydrogens is 127 g/mol. The van der Waals surface area contributed by atoms with Gasteiger partial charge in [0.15, 0.2) is 0 Å². The third kappa shape index (κ3) is 3.99. The molecular formula is C3H9N2O2P. The molecule has 1 unspecified atom stereocenters. The molecule has 1 atom stereocenters. The average Bonchev–Trinajstić information content (AvgIpc) is 1.83. The van der Waals surface area contributed by atoms with E-state index in [4.69, 9.17) is 0 Å². The van der Waals surface area contributed by atoms with E-state index >= 15 is 0 Å². The molecule has 4 nitrogen and oxygen atoms in total. The van der Waals surface area contributed by atoms with Gasteiger partial charge in [-0.15, -0.1) is 0 Å². The molecule has 5 heteroatoms. The largest absolute Gasteiger partial charge is 0.358 e.